The first kappa shape index (κ1) is 16.4. The molecule has 0 fully saturated rings. The van der Waals surface area contributed by atoms with Crippen LogP contribution in [0.25, 0.3) is 11.4 Å². The van der Waals surface area contributed by atoms with Crippen LogP contribution in [0, 0.1) is 0 Å². The quantitative estimate of drug-likeness (QED) is 0.737. The minimum Gasteiger partial charge on any atom is -0.328 e. The molecule has 0 saturated carbocycles. The smallest absolute Gasteiger partial charge is 0.255 e. The van der Waals surface area contributed by atoms with Gasteiger partial charge in [-0.25, -0.2) is 4.68 Å². The number of fused-ring (bicyclic) bond motifs is 1. The molecule has 0 radical (unpaired) electrons. The predicted octanol–water partition coefficient (Wildman–Crippen LogP) is 3.94. The maximum atomic E-state index is 12.7. The van der Waals surface area contributed by atoms with Gasteiger partial charge in [-0.2, -0.15) is 4.98 Å². The first-order chi connectivity index (χ1) is 12.6. The molecule has 2 heterocycles. The highest BCUT2D eigenvalue weighted by atomic mass is 35.5. The summed E-state index contributed by atoms with van der Waals surface area (Å²) in [6.07, 6.45) is 0. The second-order valence-corrected chi connectivity index (χ2v) is 6.35. The summed E-state index contributed by atoms with van der Waals surface area (Å²) in [4.78, 5) is 17.2. The van der Waals surface area contributed by atoms with E-state index in [9.17, 15) is 4.79 Å². The molecule has 0 aliphatic carbocycles. The van der Waals surface area contributed by atoms with E-state index >= 15 is 0 Å². The van der Waals surface area contributed by atoms with Crippen LogP contribution in [0.15, 0.2) is 65.9 Å². The summed E-state index contributed by atoms with van der Waals surface area (Å²) in [6, 6.07) is 16.9. The van der Waals surface area contributed by atoms with Gasteiger partial charge in [0.05, 0.1) is 22.8 Å². The summed E-state index contributed by atoms with van der Waals surface area (Å²) >= 11 is 6.12. The van der Waals surface area contributed by atoms with Crippen LogP contribution in [-0.2, 0) is 11.3 Å². The van der Waals surface area contributed by atoms with Crippen LogP contribution in [0.3, 0.4) is 0 Å². The van der Waals surface area contributed by atoms with Crippen molar-refractivity contribution in [1.82, 2.24) is 14.8 Å². The fraction of sp³-hybridized carbons (Fsp3) is 0.105. The van der Waals surface area contributed by atoms with Crippen molar-refractivity contribution in [2.24, 2.45) is 0 Å². The van der Waals surface area contributed by atoms with Crippen LogP contribution in [0.5, 0.6) is 0 Å². The molecule has 1 aromatic heterocycles. The maximum absolute atomic E-state index is 12.7. The van der Waals surface area contributed by atoms with E-state index in [1.54, 1.807) is 16.8 Å². The molecule has 4 rings (SSSR count). The Morgan fingerprint density at radius 1 is 1.15 bits per heavy atom. The van der Waals surface area contributed by atoms with Gasteiger partial charge in [-0.1, -0.05) is 54.1 Å². The summed E-state index contributed by atoms with van der Waals surface area (Å²) in [5, 5.41) is 11.0. The van der Waals surface area contributed by atoms with Gasteiger partial charge in [-0.3, -0.25) is 4.79 Å². The molecular formula is C19H16ClN5O. The zero-order valence-corrected chi connectivity index (χ0v) is 14.8. The summed E-state index contributed by atoms with van der Waals surface area (Å²) in [7, 11) is 0. The molecule has 26 heavy (non-hydrogen) atoms. The average molecular weight is 366 g/mol. The summed E-state index contributed by atoms with van der Waals surface area (Å²) < 4.78 is 1.69. The lowest BCUT2D eigenvalue weighted by Gasteiger charge is -2.19. The van der Waals surface area contributed by atoms with Crippen LogP contribution in [0.1, 0.15) is 6.92 Å². The number of halogens is 1. The van der Waals surface area contributed by atoms with Gasteiger partial charge in [0.15, 0.2) is 5.82 Å². The highest BCUT2D eigenvalue weighted by Gasteiger charge is 2.24. The Labute approximate surface area is 155 Å². The first-order valence-electron chi connectivity index (χ1n) is 8.15. The molecule has 0 saturated heterocycles. The van der Waals surface area contributed by atoms with E-state index in [1.807, 2.05) is 49.4 Å². The van der Waals surface area contributed by atoms with Gasteiger partial charge in [0.25, 0.3) is 5.91 Å². The minimum absolute atomic E-state index is 0.217. The first-order valence-corrected chi connectivity index (χ1v) is 8.52. The zero-order valence-electron chi connectivity index (χ0n) is 14.0. The van der Waals surface area contributed by atoms with E-state index in [4.69, 9.17) is 11.6 Å². The van der Waals surface area contributed by atoms with Crippen LogP contribution in [-0.4, -0.2) is 20.7 Å². The van der Waals surface area contributed by atoms with Gasteiger partial charge in [0.2, 0.25) is 5.95 Å². The molecule has 6 nitrogen and oxygen atoms in total. The van der Waals surface area contributed by atoms with Gasteiger partial charge in [0, 0.05) is 11.3 Å². The topological polar surface area (TPSA) is 71.8 Å². The Kier molecular flexibility index (Phi) is 4.18. The Bertz CT molecular complexity index is 1010. The summed E-state index contributed by atoms with van der Waals surface area (Å²) in [5.74, 6) is 1.02. The largest absolute Gasteiger partial charge is 0.328 e. The number of hydrogen-bond donors (Lipinski definition) is 2. The van der Waals surface area contributed by atoms with E-state index in [2.05, 4.69) is 20.7 Å². The number of nitrogens with zero attached hydrogens (tertiary/aromatic N) is 3. The molecular weight excluding hydrogens is 350 g/mol. The number of aromatic nitrogens is 3. The molecule has 1 amide bonds. The molecule has 0 bridgehead atoms. The van der Waals surface area contributed by atoms with Gasteiger partial charge in [-0.15, -0.1) is 5.10 Å². The molecule has 1 aliphatic rings. The van der Waals surface area contributed by atoms with Crippen molar-refractivity contribution in [2.45, 2.75) is 13.5 Å². The van der Waals surface area contributed by atoms with Crippen molar-refractivity contribution >= 4 is 29.1 Å². The number of allylic oxidation sites excluding steroid dienone is 1. The molecule has 2 aromatic carbocycles. The second kappa shape index (κ2) is 6.65. The fourth-order valence-corrected chi connectivity index (χ4v) is 2.95. The third-order valence-electron chi connectivity index (χ3n) is 4.16. The van der Waals surface area contributed by atoms with Crippen molar-refractivity contribution in [3.05, 3.63) is 70.9 Å². The maximum Gasteiger partial charge on any atom is 0.255 e. The lowest BCUT2D eigenvalue weighted by molar-refractivity contribution is -0.113. The summed E-state index contributed by atoms with van der Waals surface area (Å²) in [5.41, 5.74) is 2.83. The van der Waals surface area contributed by atoms with Gasteiger partial charge >= 0.3 is 0 Å². The lowest BCUT2D eigenvalue weighted by atomic mass is 10.1. The predicted molar refractivity (Wildman–Crippen MR) is 102 cm³/mol. The summed E-state index contributed by atoms with van der Waals surface area (Å²) in [6.45, 7) is 2.19. The molecule has 0 unspecified atom stereocenters. The number of amides is 1. The molecule has 3 aromatic rings. The number of benzene rings is 2. The van der Waals surface area contributed by atoms with Gasteiger partial charge in [-0.05, 0) is 19.1 Å². The van der Waals surface area contributed by atoms with Crippen LogP contribution in [0.4, 0.5) is 11.6 Å². The Balaban J connectivity index is 1.58. The number of nitrogens with one attached hydrogen (secondary N) is 2. The highest BCUT2D eigenvalue weighted by Crippen LogP contribution is 2.26. The Hall–Kier alpha value is -3.12. The molecule has 1 aliphatic heterocycles. The number of carbonyl (C=O) groups is 1. The van der Waals surface area contributed by atoms with Crippen LogP contribution >= 0.6 is 11.6 Å². The number of carbonyl (C=O) groups excluding carboxylic acids is 1. The van der Waals surface area contributed by atoms with Crippen molar-refractivity contribution in [3.63, 3.8) is 0 Å². The van der Waals surface area contributed by atoms with Crippen molar-refractivity contribution < 1.29 is 4.79 Å². The number of rotatable bonds is 3. The third kappa shape index (κ3) is 3.07. The monoisotopic (exact) mass is 365 g/mol. The number of anilines is 2. The normalized spacial score (nSPS) is 13.2. The highest BCUT2D eigenvalue weighted by molar-refractivity contribution is 6.33. The molecule has 2 N–H and O–H groups in total. The average Bonchev–Trinajstić information content (AvgIpc) is 3.06. The zero-order chi connectivity index (χ0) is 18.1. The lowest BCUT2D eigenvalue weighted by Crippen LogP contribution is -2.26. The van der Waals surface area contributed by atoms with Crippen LogP contribution in [0.2, 0.25) is 5.02 Å². The third-order valence-corrected chi connectivity index (χ3v) is 4.49. The van der Waals surface area contributed by atoms with E-state index < -0.39 is 0 Å². The van der Waals surface area contributed by atoms with E-state index in [-0.39, 0.29) is 5.91 Å². The Morgan fingerprint density at radius 3 is 2.65 bits per heavy atom. The second-order valence-electron chi connectivity index (χ2n) is 5.95. The van der Waals surface area contributed by atoms with E-state index in [1.165, 1.54) is 0 Å². The fourth-order valence-electron chi connectivity index (χ4n) is 2.77. The SMILES string of the molecule is CC1=C(C(=O)Nc2ccccc2Cl)Cn2nc(-c3ccccc3)nc2N1. The van der Waals surface area contributed by atoms with E-state index in [0.29, 0.717) is 34.6 Å². The molecule has 0 spiro atoms. The standard InChI is InChI=1S/C19H16ClN5O/c1-12-14(18(26)22-16-10-6-5-9-15(16)20)11-25-19(21-12)23-17(24-25)13-7-3-2-4-8-13/h2-10H,11H2,1H3,(H,22,26)(H,21,23,24). The van der Waals surface area contributed by atoms with Crippen molar-refractivity contribution in [3.8, 4) is 11.4 Å². The van der Waals surface area contributed by atoms with Crippen LogP contribution < -0.4 is 10.6 Å². The Morgan fingerprint density at radius 2 is 1.88 bits per heavy atom. The number of hydrogen-bond acceptors (Lipinski definition) is 4. The van der Waals surface area contributed by atoms with Crippen molar-refractivity contribution in [1.29, 1.82) is 0 Å². The molecule has 130 valence electrons. The van der Waals surface area contributed by atoms with E-state index in [0.717, 1.165) is 11.3 Å². The minimum atomic E-state index is -0.217. The number of para-hydroxylation sites is 1. The molecule has 0 atom stereocenters. The molecule has 7 heteroatoms. The van der Waals surface area contributed by atoms with Crippen molar-refractivity contribution in [2.75, 3.05) is 10.6 Å². The van der Waals surface area contributed by atoms with Gasteiger partial charge in [0.1, 0.15) is 0 Å². The van der Waals surface area contributed by atoms with Gasteiger partial charge < -0.3 is 10.6 Å².